The van der Waals surface area contributed by atoms with Gasteiger partial charge in [0.05, 0.1) is 12.7 Å². The molecule has 0 bridgehead atoms. The smallest absolute Gasteiger partial charge is 0.164 e. The van der Waals surface area contributed by atoms with E-state index in [1.807, 2.05) is 12.1 Å². The number of aliphatic hydroxyl groups is 1. The Morgan fingerprint density at radius 2 is 1.53 bits per heavy atom. The summed E-state index contributed by atoms with van der Waals surface area (Å²) in [5.41, 5.74) is 0. The number of ether oxygens (including phenoxy) is 2. The monoisotopic (exact) mass is 460 g/mol. The molecule has 1 saturated heterocycles. The molecule has 1 unspecified atom stereocenters. The zero-order chi connectivity index (χ0) is 22.7. The summed E-state index contributed by atoms with van der Waals surface area (Å²) in [7, 11) is -3.16. The number of phenols is 1. The molecule has 4 rings (SSSR count). The molecule has 32 heavy (non-hydrogen) atoms. The van der Waals surface area contributed by atoms with E-state index in [2.05, 4.69) is 0 Å². The normalized spacial score (nSPS) is 21.3. The van der Waals surface area contributed by atoms with E-state index >= 15 is 0 Å². The van der Waals surface area contributed by atoms with Gasteiger partial charge in [0.15, 0.2) is 23.1 Å². The zero-order valence-electron chi connectivity index (χ0n) is 17.1. The molecule has 1 heterocycles. The van der Waals surface area contributed by atoms with Gasteiger partial charge in [0.2, 0.25) is 0 Å². The minimum Gasteiger partial charge on any atom is -0.504 e. The lowest BCUT2D eigenvalue weighted by molar-refractivity contribution is -0.117. The van der Waals surface area contributed by atoms with E-state index in [1.54, 1.807) is 48.5 Å². The van der Waals surface area contributed by atoms with Gasteiger partial charge < -0.3 is 24.3 Å². The van der Waals surface area contributed by atoms with E-state index in [9.17, 15) is 23.6 Å². The first-order chi connectivity index (χ1) is 15.4. The molecule has 0 amide bonds. The van der Waals surface area contributed by atoms with Crippen LogP contribution in [0.15, 0.2) is 72.8 Å². The van der Waals surface area contributed by atoms with Crippen LogP contribution in [-0.2, 0) is 9.30 Å². The summed E-state index contributed by atoms with van der Waals surface area (Å²) in [5, 5.41) is 22.1. The van der Waals surface area contributed by atoms with Crippen LogP contribution in [0.2, 0.25) is 0 Å². The topological polar surface area (TPSA) is 76.0 Å². The highest BCUT2D eigenvalue weighted by Crippen LogP contribution is 2.45. The van der Waals surface area contributed by atoms with Crippen molar-refractivity contribution in [3.63, 3.8) is 0 Å². The first kappa shape index (κ1) is 22.5. The van der Waals surface area contributed by atoms with Crippen LogP contribution < -0.4 is 15.3 Å². The Labute approximate surface area is 184 Å². The van der Waals surface area contributed by atoms with Crippen molar-refractivity contribution in [1.82, 2.24) is 0 Å². The van der Waals surface area contributed by atoms with Gasteiger partial charge in [0.25, 0.3) is 0 Å². The predicted molar refractivity (Wildman–Crippen MR) is 117 cm³/mol. The lowest BCUT2D eigenvalue weighted by Crippen LogP contribution is -2.49. The largest absolute Gasteiger partial charge is 0.504 e. The Kier molecular flexibility index (Phi) is 6.60. The molecule has 0 radical (unpaired) electrons. The number of benzene rings is 3. The summed E-state index contributed by atoms with van der Waals surface area (Å²) in [4.78, 5) is 0. The molecule has 0 aliphatic carbocycles. The number of aliphatic hydroxyl groups excluding tert-OH is 1. The minimum atomic E-state index is -3.16. The van der Waals surface area contributed by atoms with Gasteiger partial charge in [-0.3, -0.25) is 0 Å². The van der Waals surface area contributed by atoms with Crippen molar-refractivity contribution in [2.45, 2.75) is 24.7 Å². The van der Waals surface area contributed by atoms with Gasteiger partial charge in [0, 0.05) is 35.3 Å². The van der Waals surface area contributed by atoms with Gasteiger partial charge in [-0.05, 0) is 0 Å². The highest BCUT2D eigenvalue weighted by Gasteiger charge is 2.40. The molecule has 1 aliphatic heterocycles. The number of rotatable bonds is 6. The van der Waals surface area contributed by atoms with E-state index in [0.29, 0.717) is 16.7 Å². The lowest BCUT2D eigenvalue weighted by atomic mass is 10.0. The first-order valence-electron chi connectivity index (χ1n) is 10.2. The second-order valence-electron chi connectivity index (χ2n) is 7.67. The van der Waals surface area contributed by atoms with Crippen molar-refractivity contribution in [3.8, 4) is 11.5 Å². The molecular formula is C24H23F2O5P. The Balaban J connectivity index is 1.60. The molecule has 0 saturated carbocycles. The first-order valence-corrected chi connectivity index (χ1v) is 12.1. The van der Waals surface area contributed by atoms with Gasteiger partial charge in [-0.15, -0.1) is 0 Å². The predicted octanol–water partition coefficient (Wildman–Crippen LogP) is 3.58. The fourth-order valence-electron chi connectivity index (χ4n) is 3.86. The summed E-state index contributed by atoms with van der Waals surface area (Å²) >= 11 is 0. The lowest BCUT2D eigenvalue weighted by Gasteiger charge is -2.36. The summed E-state index contributed by atoms with van der Waals surface area (Å²) in [6, 6.07) is 19.4. The average Bonchev–Trinajstić information content (AvgIpc) is 2.81. The van der Waals surface area contributed by atoms with E-state index in [1.165, 1.54) is 0 Å². The molecule has 0 aromatic heterocycles. The van der Waals surface area contributed by atoms with Crippen molar-refractivity contribution in [1.29, 1.82) is 0 Å². The van der Waals surface area contributed by atoms with E-state index in [-0.39, 0.29) is 24.9 Å². The third-order valence-corrected chi connectivity index (χ3v) is 8.70. The fourth-order valence-corrected chi connectivity index (χ4v) is 6.72. The number of aromatic hydroxyl groups is 1. The standard InChI is InChI=1S/C24H23F2O5P/c25-18-13-20(27)22(14-19(18)26)31-21-11-12-30-23(24(21)28)15-32(29,16-7-3-1-4-8-16)17-9-5-2-6-10-17/h1-10,13-14,21,23-24,27-28H,11-12,15H2/t21-,23-,24?/m1/s1. The number of phenolic OH excluding ortho intramolecular Hbond substituents is 1. The molecule has 8 heteroatoms. The summed E-state index contributed by atoms with van der Waals surface area (Å²) in [6.45, 7) is 0.209. The molecule has 3 aromatic carbocycles. The van der Waals surface area contributed by atoms with Gasteiger partial charge in [-0.2, -0.15) is 0 Å². The van der Waals surface area contributed by atoms with E-state index < -0.39 is 42.8 Å². The van der Waals surface area contributed by atoms with Crippen molar-refractivity contribution in [3.05, 3.63) is 84.4 Å². The SMILES string of the molecule is O=P(C[C@H]1OCC[C@@H](Oc2cc(F)c(F)cc2O)C1O)(c1ccccc1)c1ccccc1. The maximum atomic E-state index is 14.3. The molecule has 3 aromatic rings. The average molecular weight is 460 g/mol. The third kappa shape index (κ3) is 4.56. The number of hydrogen-bond donors (Lipinski definition) is 2. The van der Waals surface area contributed by atoms with Crippen LogP contribution in [-0.4, -0.2) is 41.3 Å². The van der Waals surface area contributed by atoms with Crippen molar-refractivity contribution >= 4 is 17.8 Å². The molecule has 1 aliphatic rings. The van der Waals surface area contributed by atoms with E-state index in [4.69, 9.17) is 9.47 Å². The molecule has 3 atom stereocenters. The molecule has 168 valence electrons. The van der Waals surface area contributed by atoms with Crippen LogP contribution in [0.5, 0.6) is 11.5 Å². The van der Waals surface area contributed by atoms with Crippen molar-refractivity contribution < 1.29 is 33.0 Å². The highest BCUT2D eigenvalue weighted by atomic mass is 31.2. The molecule has 1 fully saturated rings. The third-order valence-electron chi connectivity index (χ3n) is 5.56. The molecular weight excluding hydrogens is 437 g/mol. The van der Waals surface area contributed by atoms with Crippen LogP contribution in [0.4, 0.5) is 8.78 Å². The molecule has 0 spiro atoms. The zero-order valence-corrected chi connectivity index (χ0v) is 18.0. The van der Waals surface area contributed by atoms with Crippen molar-refractivity contribution in [2.24, 2.45) is 0 Å². The minimum absolute atomic E-state index is 0.0335. The summed E-state index contributed by atoms with van der Waals surface area (Å²) < 4.78 is 52.5. The van der Waals surface area contributed by atoms with Gasteiger partial charge in [-0.1, -0.05) is 60.7 Å². The molecule has 5 nitrogen and oxygen atoms in total. The Morgan fingerprint density at radius 3 is 2.12 bits per heavy atom. The fraction of sp³-hybridized carbons (Fsp3) is 0.250. The Hall–Kier alpha value is -2.73. The summed E-state index contributed by atoms with van der Waals surface area (Å²) in [6.07, 6.45) is -2.59. The van der Waals surface area contributed by atoms with Crippen LogP contribution in [0.1, 0.15) is 6.42 Å². The van der Waals surface area contributed by atoms with Crippen LogP contribution >= 0.6 is 7.14 Å². The maximum absolute atomic E-state index is 14.3. The van der Waals surface area contributed by atoms with Crippen LogP contribution in [0.3, 0.4) is 0 Å². The quantitative estimate of drug-likeness (QED) is 0.550. The molecule has 2 N–H and O–H groups in total. The Bertz CT molecular complexity index is 1070. The van der Waals surface area contributed by atoms with Gasteiger partial charge in [0.1, 0.15) is 19.3 Å². The second-order valence-corrected chi connectivity index (χ2v) is 10.5. The highest BCUT2D eigenvalue weighted by molar-refractivity contribution is 7.78. The van der Waals surface area contributed by atoms with Gasteiger partial charge in [-0.25, -0.2) is 8.78 Å². The number of hydrogen-bond acceptors (Lipinski definition) is 5. The van der Waals surface area contributed by atoms with Crippen LogP contribution in [0.25, 0.3) is 0 Å². The van der Waals surface area contributed by atoms with Gasteiger partial charge >= 0.3 is 0 Å². The summed E-state index contributed by atoms with van der Waals surface area (Å²) in [5.74, 6) is -3.22. The Morgan fingerprint density at radius 1 is 0.969 bits per heavy atom. The second kappa shape index (κ2) is 9.41. The van der Waals surface area contributed by atoms with Crippen molar-refractivity contribution in [2.75, 3.05) is 12.8 Å². The van der Waals surface area contributed by atoms with E-state index in [0.717, 1.165) is 6.07 Å². The number of halogens is 2. The maximum Gasteiger partial charge on any atom is 0.164 e. The van der Waals surface area contributed by atoms with Crippen LogP contribution in [0, 0.1) is 11.6 Å².